The normalized spacial score (nSPS) is 19.9. The van der Waals surface area contributed by atoms with E-state index in [1.807, 2.05) is 14.0 Å². The fraction of sp³-hybridized carbons (Fsp3) is 0.545. The van der Waals surface area contributed by atoms with Crippen molar-refractivity contribution in [1.29, 1.82) is 0 Å². The van der Waals surface area contributed by atoms with Crippen LogP contribution in [0.1, 0.15) is 60.8 Å². The van der Waals surface area contributed by atoms with E-state index in [0.717, 1.165) is 56.1 Å². The Labute approximate surface area is 194 Å². The largest absolute Gasteiger partial charge is 0.487 e. The molecule has 7 heteroatoms. The highest BCUT2D eigenvalue weighted by atomic mass is 127. The maximum absolute atomic E-state index is 6.47. The van der Waals surface area contributed by atoms with Gasteiger partial charge in [-0.05, 0) is 45.1 Å². The van der Waals surface area contributed by atoms with Gasteiger partial charge in [-0.2, -0.15) is 0 Å². The Kier molecular flexibility index (Phi) is 7.79. The minimum absolute atomic E-state index is 0. The van der Waals surface area contributed by atoms with E-state index in [0.29, 0.717) is 0 Å². The van der Waals surface area contributed by atoms with E-state index in [1.54, 1.807) is 11.3 Å². The fourth-order valence-electron chi connectivity index (χ4n) is 4.40. The molecule has 158 valence electrons. The highest BCUT2D eigenvalue weighted by Gasteiger charge is 2.43. The Morgan fingerprint density at radius 1 is 1.31 bits per heavy atom. The molecule has 2 aromatic rings. The summed E-state index contributed by atoms with van der Waals surface area (Å²) in [6.45, 7) is 2.93. The lowest BCUT2D eigenvalue weighted by molar-refractivity contribution is 0.0396. The number of fused-ring (bicyclic) bond motifs is 1. The second kappa shape index (κ2) is 10.1. The minimum Gasteiger partial charge on any atom is -0.487 e. The van der Waals surface area contributed by atoms with Crippen molar-refractivity contribution < 1.29 is 4.74 Å². The molecular weight excluding hydrogens is 495 g/mol. The second-order valence-corrected chi connectivity index (χ2v) is 8.86. The van der Waals surface area contributed by atoms with Crippen molar-refractivity contribution in [3.05, 3.63) is 45.9 Å². The van der Waals surface area contributed by atoms with Crippen LogP contribution in [-0.4, -0.2) is 30.1 Å². The van der Waals surface area contributed by atoms with E-state index in [-0.39, 0.29) is 35.6 Å². The van der Waals surface area contributed by atoms with Gasteiger partial charge in [0.15, 0.2) is 5.96 Å². The first-order valence-corrected chi connectivity index (χ1v) is 11.2. The summed E-state index contributed by atoms with van der Waals surface area (Å²) in [6, 6.07) is 8.67. The van der Waals surface area contributed by atoms with Crippen LogP contribution in [0.15, 0.2) is 34.6 Å². The number of para-hydroxylation sites is 1. The summed E-state index contributed by atoms with van der Waals surface area (Å²) in [5.41, 5.74) is 2.35. The number of hydrogen-bond donors (Lipinski definition) is 2. The second-order valence-electron chi connectivity index (χ2n) is 7.92. The number of hydrogen-bond acceptors (Lipinski definition) is 4. The van der Waals surface area contributed by atoms with Crippen LogP contribution in [0.4, 0.5) is 0 Å². The zero-order valence-electron chi connectivity index (χ0n) is 17.2. The Hall–Kier alpha value is -1.35. The standard InChI is InChI=1S/C22H30N4OS.HI/c1-16-15-28-20(25-16)10-7-13-24-21(23-2)26-18-14-22(11-5-6-12-22)27-19-9-4-3-8-17(18)19;/h3-4,8-9,15,18H,5-7,10-14H2,1-2H3,(H2,23,24,26);1H. The van der Waals surface area contributed by atoms with Gasteiger partial charge in [0.1, 0.15) is 11.4 Å². The minimum atomic E-state index is -0.00638. The number of nitrogens with one attached hydrogen (secondary N) is 2. The first kappa shape index (κ1) is 22.3. The number of benzene rings is 1. The average Bonchev–Trinajstić information content (AvgIpc) is 3.33. The summed E-state index contributed by atoms with van der Waals surface area (Å²) in [7, 11) is 1.84. The molecule has 5 nitrogen and oxygen atoms in total. The number of aryl methyl sites for hydroxylation is 2. The number of guanidine groups is 1. The van der Waals surface area contributed by atoms with Crippen molar-refractivity contribution in [2.75, 3.05) is 13.6 Å². The van der Waals surface area contributed by atoms with Gasteiger partial charge in [0.05, 0.1) is 11.0 Å². The SMILES string of the molecule is CN=C(NCCCc1nc(C)cs1)NC1CC2(CCCC2)Oc2ccccc21.I. The summed E-state index contributed by atoms with van der Waals surface area (Å²) in [5.74, 6) is 1.90. The van der Waals surface area contributed by atoms with E-state index >= 15 is 0 Å². The molecule has 4 rings (SSSR count). The molecule has 0 amide bonds. The van der Waals surface area contributed by atoms with Crippen molar-refractivity contribution in [3.63, 3.8) is 0 Å². The molecule has 1 spiro atoms. The molecule has 0 radical (unpaired) electrons. The van der Waals surface area contributed by atoms with Crippen LogP contribution in [-0.2, 0) is 6.42 Å². The monoisotopic (exact) mass is 526 g/mol. The molecule has 1 aromatic heterocycles. The molecule has 1 saturated carbocycles. The number of thiazole rings is 1. The third-order valence-electron chi connectivity index (χ3n) is 5.77. The Morgan fingerprint density at radius 3 is 2.83 bits per heavy atom. The molecule has 1 aliphatic carbocycles. The van der Waals surface area contributed by atoms with Crippen molar-refractivity contribution >= 4 is 41.3 Å². The van der Waals surface area contributed by atoms with E-state index in [9.17, 15) is 0 Å². The predicted molar refractivity (Wildman–Crippen MR) is 131 cm³/mol. The van der Waals surface area contributed by atoms with Crippen LogP contribution in [0, 0.1) is 6.92 Å². The van der Waals surface area contributed by atoms with Gasteiger partial charge in [0, 0.05) is 43.1 Å². The topological polar surface area (TPSA) is 58.5 Å². The average molecular weight is 526 g/mol. The molecule has 1 unspecified atom stereocenters. The smallest absolute Gasteiger partial charge is 0.191 e. The summed E-state index contributed by atoms with van der Waals surface area (Å²) in [6.07, 6.45) is 7.88. The predicted octanol–water partition coefficient (Wildman–Crippen LogP) is 5.00. The molecule has 2 N–H and O–H groups in total. The van der Waals surface area contributed by atoms with E-state index in [1.165, 1.54) is 23.4 Å². The van der Waals surface area contributed by atoms with E-state index < -0.39 is 0 Å². The van der Waals surface area contributed by atoms with Crippen LogP contribution in [0.2, 0.25) is 0 Å². The number of rotatable bonds is 5. The molecule has 1 fully saturated rings. The van der Waals surface area contributed by atoms with Crippen LogP contribution in [0.3, 0.4) is 0 Å². The first-order chi connectivity index (χ1) is 13.7. The van der Waals surface area contributed by atoms with Crippen LogP contribution >= 0.6 is 35.3 Å². The number of halogens is 1. The molecule has 1 atom stereocenters. The third kappa shape index (κ3) is 5.42. The van der Waals surface area contributed by atoms with Gasteiger partial charge in [0.25, 0.3) is 0 Å². The molecule has 1 aliphatic heterocycles. The molecule has 29 heavy (non-hydrogen) atoms. The van der Waals surface area contributed by atoms with Gasteiger partial charge < -0.3 is 15.4 Å². The number of aromatic nitrogens is 1. The molecule has 2 aliphatic rings. The Morgan fingerprint density at radius 2 is 2.10 bits per heavy atom. The molecule has 1 aromatic carbocycles. The number of nitrogens with zero attached hydrogens (tertiary/aromatic N) is 2. The molecular formula is C22H31IN4OS. The van der Waals surface area contributed by atoms with Crippen molar-refractivity contribution in [3.8, 4) is 5.75 Å². The lowest BCUT2D eigenvalue weighted by Gasteiger charge is -2.40. The molecule has 0 bridgehead atoms. The third-order valence-corrected chi connectivity index (χ3v) is 6.80. The first-order valence-electron chi connectivity index (χ1n) is 10.3. The maximum Gasteiger partial charge on any atom is 0.191 e. The summed E-state index contributed by atoms with van der Waals surface area (Å²) in [5, 5.41) is 10.5. The zero-order chi connectivity index (χ0) is 19.4. The van der Waals surface area contributed by atoms with Gasteiger partial charge in [-0.25, -0.2) is 4.98 Å². The maximum atomic E-state index is 6.47. The van der Waals surface area contributed by atoms with Gasteiger partial charge in [-0.3, -0.25) is 4.99 Å². The van der Waals surface area contributed by atoms with Gasteiger partial charge in [-0.15, -0.1) is 35.3 Å². The Bertz CT molecular complexity index is 832. The van der Waals surface area contributed by atoms with E-state index in [2.05, 4.69) is 50.3 Å². The Balaban J connectivity index is 0.00000240. The van der Waals surface area contributed by atoms with Gasteiger partial charge in [-0.1, -0.05) is 18.2 Å². The van der Waals surface area contributed by atoms with Crippen molar-refractivity contribution in [2.24, 2.45) is 4.99 Å². The summed E-state index contributed by atoms with van der Waals surface area (Å²) < 4.78 is 6.47. The highest BCUT2D eigenvalue weighted by Crippen LogP contribution is 2.46. The van der Waals surface area contributed by atoms with Crippen molar-refractivity contribution in [1.82, 2.24) is 15.6 Å². The number of aliphatic imine (C=N–C) groups is 1. The lowest BCUT2D eigenvalue weighted by atomic mass is 9.86. The molecule has 0 saturated heterocycles. The zero-order valence-corrected chi connectivity index (χ0v) is 20.4. The van der Waals surface area contributed by atoms with E-state index in [4.69, 9.17) is 4.74 Å². The van der Waals surface area contributed by atoms with Crippen LogP contribution in [0.5, 0.6) is 5.75 Å². The van der Waals surface area contributed by atoms with Crippen molar-refractivity contribution in [2.45, 2.75) is 63.5 Å². The molecule has 2 heterocycles. The number of ether oxygens (including phenoxy) is 1. The van der Waals surface area contributed by atoms with Crippen LogP contribution < -0.4 is 15.4 Å². The van der Waals surface area contributed by atoms with Crippen LogP contribution in [0.25, 0.3) is 0 Å². The summed E-state index contributed by atoms with van der Waals surface area (Å²) in [4.78, 5) is 9.00. The fourth-order valence-corrected chi connectivity index (χ4v) is 5.21. The lowest BCUT2D eigenvalue weighted by Crippen LogP contribution is -2.46. The van der Waals surface area contributed by atoms with Gasteiger partial charge >= 0.3 is 0 Å². The van der Waals surface area contributed by atoms with Gasteiger partial charge in [0.2, 0.25) is 0 Å². The summed E-state index contributed by atoms with van der Waals surface area (Å²) >= 11 is 1.75. The quantitative estimate of drug-likeness (QED) is 0.249. The highest BCUT2D eigenvalue weighted by molar-refractivity contribution is 14.0.